The lowest BCUT2D eigenvalue weighted by Gasteiger charge is -2.07. The average Bonchev–Trinajstić information content (AvgIpc) is 3.40. The van der Waals surface area contributed by atoms with E-state index in [2.05, 4.69) is 9.97 Å². The Morgan fingerprint density at radius 2 is 1.58 bits per heavy atom. The minimum Gasteiger partial charge on any atom is -0.493 e. The predicted octanol–water partition coefficient (Wildman–Crippen LogP) is 5.65. The number of aryl methyl sites for hydroxylation is 1. The van der Waals surface area contributed by atoms with Crippen molar-refractivity contribution in [2.45, 2.75) is 6.92 Å². The smallest absolute Gasteiger partial charge is 0.262 e. The van der Waals surface area contributed by atoms with Crippen molar-refractivity contribution in [1.29, 1.82) is 0 Å². The fourth-order valence-corrected chi connectivity index (χ4v) is 5.06. The fourth-order valence-electron chi connectivity index (χ4n) is 4.20. The third-order valence-corrected chi connectivity index (χ3v) is 6.60. The summed E-state index contributed by atoms with van der Waals surface area (Å²) >= 11 is 1.55. The maximum absolute atomic E-state index is 13.3. The SMILES string of the molecule is Cc1nc2ccc(-c3c(O)n4nc(-c5ccccc5)c(-c5ccccc5)c4[nH]c3=O)cc2s1. The molecule has 6 aromatic rings. The van der Waals surface area contributed by atoms with Crippen LogP contribution in [-0.4, -0.2) is 24.7 Å². The van der Waals surface area contributed by atoms with Crippen molar-refractivity contribution in [3.63, 3.8) is 0 Å². The first-order chi connectivity index (χ1) is 16.1. The molecule has 0 bridgehead atoms. The molecule has 0 spiro atoms. The molecule has 2 N–H and O–H groups in total. The third kappa shape index (κ3) is 3.13. The van der Waals surface area contributed by atoms with Gasteiger partial charge in [0.15, 0.2) is 0 Å². The first-order valence-corrected chi connectivity index (χ1v) is 11.3. The number of H-pyrrole nitrogens is 1. The van der Waals surface area contributed by atoms with Gasteiger partial charge in [0.2, 0.25) is 5.88 Å². The molecule has 7 heteroatoms. The summed E-state index contributed by atoms with van der Waals surface area (Å²) in [5, 5.41) is 16.9. The van der Waals surface area contributed by atoms with Crippen LogP contribution in [0.4, 0.5) is 0 Å². The molecule has 0 radical (unpaired) electrons. The van der Waals surface area contributed by atoms with Gasteiger partial charge in [-0.2, -0.15) is 9.61 Å². The largest absolute Gasteiger partial charge is 0.493 e. The van der Waals surface area contributed by atoms with Crippen LogP contribution in [0.2, 0.25) is 0 Å². The Hall–Kier alpha value is -4.23. The molecule has 0 aliphatic rings. The zero-order chi connectivity index (χ0) is 22.5. The summed E-state index contributed by atoms with van der Waals surface area (Å²) in [7, 11) is 0. The second kappa shape index (κ2) is 7.43. The van der Waals surface area contributed by atoms with Gasteiger partial charge in [0, 0.05) is 5.56 Å². The van der Waals surface area contributed by atoms with Gasteiger partial charge in [0.05, 0.1) is 20.8 Å². The molecule has 160 valence electrons. The van der Waals surface area contributed by atoms with E-state index in [1.807, 2.05) is 79.7 Å². The quantitative estimate of drug-likeness (QED) is 0.365. The molecule has 0 atom stereocenters. The topological polar surface area (TPSA) is 83.3 Å². The van der Waals surface area contributed by atoms with E-state index < -0.39 is 0 Å². The minimum absolute atomic E-state index is 0.178. The van der Waals surface area contributed by atoms with Crippen LogP contribution in [0.3, 0.4) is 0 Å². The Kier molecular flexibility index (Phi) is 4.38. The van der Waals surface area contributed by atoms with Gasteiger partial charge in [0.1, 0.15) is 16.9 Å². The molecular weight excluding hydrogens is 432 g/mol. The number of thiazole rings is 1. The van der Waals surface area contributed by atoms with Crippen molar-refractivity contribution in [3.8, 4) is 39.4 Å². The highest BCUT2D eigenvalue weighted by Crippen LogP contribution is 2.37. The Labute approximate surface area is 192 Å². The molecule has 3 aromatic heterocycles. The van der Waals surface area contributed by atoms with Gasteiger partial charge in [-0.25, -0.2) is 4.98 Å². The first kappa shape index (κ1) is 19.5. The van der Waals surface area contributed by atoms with E-state index in [4.69, 9.17) is 5.10 Å². The zero-order valence-electron chi connectivity index (χ0n) is 17.6. The van der Waals surface area contributed by atoms with Gasteiger partial charge >= 0.3 is 0 Å². The molecule has 0 aliphatic heterocycles. The van der Waals surface area contributed by atoms with E-state index in [1.54, 1.807) is 17.4 Å². The number of aromatic amines is 1. The highest BCUT2D eigenvalue weighted by Gasteiger charge is 2.23. The van der Waals surface area contributed by atoms with Crippen molar-refractivity contribution in [2.75, 3.05) is 0 Å². The van der Waals surface area contributed by atoms with Crippen molar-refractivity contribution >= 4 is 27.2 Å². The Balaban J connectivity index is 1.66. The molecule has 0 fully saturated rings. The molecule has 0 aliphatic carbocycles. The summed E-state index contributed by atoms with van der Waals surface area (Å²) in [4.78, 5) is 20.7. The third-order valence-electron chi connectivity index (χ3n) is 5.66. The van der Waals surface area contributed by atoms with Crippen LogP contribution in [0.5, 0.6) is 5.88 Å². The van der Waals surface area contributed by atoms with E-state index in [-0.39, 0.29) is 17.0 Å². The van der Waals surface area contributed by atoms with Crippen LogP contribution >= 0.6 is 11.3 Å². The number of benzene rings is 3. The predicted molar refractivity (Wildman–Crippen MR) is 132 cm³/mol. The van der Waals surface area contributed by atoms with Gasteiger partial charge in [0.25, 0.3) is 5.56 Å². The van der Waals surface area contributed by atoms with Crippen molar-refractivity contribution in [1.82, 2.24) is 19.6 Å². The highest BCUT2D eigenvalue weighted by atomic mass is 32.1. The molecule has 6 rings (SSSR count). The number of hydrogen-bond acceptors (Lipinski definition) is 5. The van der Waals surface area contributed by atoms with Gasteiger partial charge in [-0.1, -0.05) is 66.7 Å². The van der Waals surface area contributed by atoms with Crippen LogP contribution in [-0.2, 0) is 0 Å². The Morgan fingerprint density at radius 1 is 0.879 bits per heavy atom. The van der Waals surface area contributed by atoms with Crippen molar-refractivity contribution < 1.29 is 5.11 Å². The van der Waals surface area contributed by atoms with Gasteiger partial charge < -0.3 is 10.1 Å². The maximum atomic E-state index is 13.3. The van der Waals surface area contributed by atoms with Gasteiger partial charge in [-0.05, 0) is 30.2 Å². The van der Waals surface area contributed by atoms with Crippen LogP contribution in [0, 0.1) is 6.92 Å². The summed E-state index contributed by atoms with van der Waals surface area (Å²) in [6.07, 6.45) is 0. The van der Waals surface area contributed by atoms with Crippen LogP contribution in [0.15, 0.2) is 83.7 Å². The lowest BCUT2D eigenvalue weighted by atomic mass is 10.0. The van der Waals surface area contributed by atoms with Crippen molar-refractivity contribution in [2.24, 2.45) is 0 Å². The normalized spacial score (nSPS) is 11.4. The molecule has 0 amide bonds. The number of aromatic nitrogens is 4. The number of rotatable bonds is 3. The standard InChI is InChI=1S/C26H18N4O2S/c1-15-27-19-13-12-18(14-20(19)33-15)22-25(31)28-24-21(16-8-4-2-5-9-16)23(29-30(24)26(22)32)17-10-6-3-7-11-17/h2-14,32H,1H3,(H,28,31). The molecule has 6 nitrogen and oxygen atoms in total. The lowest BCUT2D eigenvalue weighted by Crippen LogP contribution is -2.12. The van der Waals surface area contributed by atoms with Crippen molar-refractivity contribution in [3.05, 3.63) is 94.2 Å². The first-order valence-electron chi connectivity index (χ1n) is 10.5. The fraction of sp³-hybridized carbons (Fsp3) is 0.0385. The second-order valence-electron chi connectivity index (χ2n) is 7.78. The number of aromatic hydroxyl groups is 1. The summed E-state index contributed by atoms with van der Waals surface area (Å²) in [6, 6.07) is 25.0. The molecule has 3 heterocycles. The molecule has 0 unspecified atom stereocenters. The highest BCUT2D eigenvalue weighted by molar-refractivity contribution is 7.18. The van der Waals surface area contributed by atoms with E-state index in [1.165, 1.54) is 4.52 Å². The summed E-state index contributed by atoms with van der Waals surface area (Å²) < 4.78 is 2.38. The maximum Gasteiger partial charge on any atom is 0.262 e. The number of fused-ring (bicyclic) bond motifs is 2. The van der Waals surface area contributed by atoms with Gasteiger partial charge in [-0.15, -0.1) is 11.3 Å². The minimum atomic E-state index is -0.378. The Morgan fingerprint density at radius 3 is 2.30 bits per heavy atom. The molecular formula is C26H18N4O2S. The number of nitrogens with one attached hydrogen (secondary N) is 1. The van der Waals surface area contributed by atoms with E-state index in [0.29, 0.717) is 16.9 Å². The van der Waals surface area contributed by atoms with Crippen LogP contribution in [0.25, 0.3) is 49.4 Å². The van der Waals surface area contributed by atoms with E-state index in [0.717, 1.165) is 31.9 Å². The summed E-state index contributed by atoms with van der Waals surface area (Å²) in [5.41, 5.74) is 4.96. The number of nitrogens with zero attached hydrogens (tertiary/aromatic N) is 3. The zero-order valence-corrected chi connectivity index (χ0v) is 18.4. The summed E-state index contributed by atoms with van der Waals surface area (Å²) in [6.45, 7) is 1.95. The molecule has 0 saturated heterocycles. The summed E-state index contributed by atoms with van der Waals surface area (Å²) in [5.74, 6) is -0.200. The van der Waals surface area contributed by atoms with Crippen LogP contribution < -0.4 is 5.56 Å². The molecule has 33 heavy (non-hydrogen) atoms. The number of hydrogen-bond donors (Lipinski definition) is 2. The van der Waals surface area contributed by atoms with Crippen LogP contribution in [0.1, 0.15) is 5.01 Å². The van der Waals surface area contributed by atoms with Gasteiger partial charge in [-0.3, -0.25) is 4.79 Å². The second-order valence-corrected chi connectivity index (χ2v) is 9.02. The monoisotopic (exact) mass is 450 g/mol. The van der Waals surface area contributed by atoms with E-state index in [9.17, 15) is 9.90 Å². The molecule has 0 saturated carbocycles. The Bertz CT molecular complexity index is 1700. The lowest BCUT2D eigenvalue weighted by molar-refractivity contribution is 0.437. The molecule has 3 aromatic carbocycles. The van der Waals surface area contributed by atoms with E-state index >= 15 is 0 Å². The average molecular weight is 451 g/mol.